The molecule has 0 aromatic carbocycles. The standard InChI is InChI=1S/C13H22O4/c1-4-16-12(14)10-7-5-6-8-11(10)13(15)17-9(2)3/h9-11H,4-8H2,1-3H3. The summed E-state index contributed by atoms with van der Waals surface area (Å²) >= 11 is 0. The van der Waals surface area contributed by atoms with Crippen LogP contribution >= 0.6 is 0 Å². The highest BCUT2D eigenvalue weighted by molar-refractivity contribution is 5.82. The Kier molecular flexibility index (Phi) is 5.45. The van der Waals surface area contributed by atoms with E-state index in [2.05, 4.69) is 0 Å². The molecule has 1 aliphatic rings. The number of esters is 2. The van der Waals surface area contributed by atoms with Crippen LogP contribution in [0.4, 0.5) is 0 Å². The Morgan fingerprint density at radius 2 is 1.65 bits per heavy atom. The normalized spacial score (nSPS) is 24.5. The van der Waals surface area contributed by atoms with E-state index in [4.69, 9.17) is 9.47 Å². The van der Waals surface area contributed by atoms with Crippen LogP contribution in [0.25, 0.3) is 0 Å². The van der Waals surface area contributed by atoms with E-state index in [0.717, 1.165) is 25.7 Å². The van der Waals surface area contributed by atoms with Gasteiger partial charge in [0.2, 0.25) is 0 Å². The lowest BCUT2D eigenvalue weighted by Crippen LogP contribution is -2.35. The van der Waals surface area contributed by atoms with Gasteiger partial charge >= 0.3 is 11.9 Å². The molecule has 1 aliphatic carbocycles. The van der Waals surface area contributed by atoms with Crippen molar-refractivity contribution in [1.82, 2.24) is 0 Å². The third kappa shape index (κ3) is 4.02. The highest BCUT2D eigenvalue weighted by Gasteiger charge is 2.37. The monoisotopic (exact) mass is 242 g/mol. The number of hydrogen-bond donors (Lipinski definition) is 0. The maximum atomic E-state index is 11.9. The van der Waals surface area contributed by atoms with Crippen LogP contribution in [0, 0.1) is 11.8 Å². The van der Waals surface area contributed by atoms with Crippen LogP contribution < -0.4 is 0 Å². The SMILES string of the molecule is CCOC(=O)C1CCCCC1C(=O)OC(C)C. The maximum Gasteiger partial charge on any atom is 0.310 e. The average molecular weight is 242 g/mol. The summed E-state index contributed by atoms with van der Waals surface area (Å²) in [5, 5.41) is 0. The predicted molar refractivity (Wildman–Crippen MR) is 63.3 cm³/mol. The quantitative estimate of drug-likeness (QED) is 0.710. The van der Waals surface area contributed by atoms with Gasteiger partial charge in [-0.15, -0.1) is 0 Å². The highest BCUT2D eigenvalue weighted by atomic mass is 16.5. The van der Waals surface area contributed by atoms with Gasteiger partial charge in [-0.1, -0.05) is 12.8 Å². The van der Waals surface area contributed by atoms with E-state index in [1.54, 1.807) is 6.92 Å². The number of hydrogen-bond acceptors (Lipinski definition) is 4. The van der Waals surface area contributed by atoms with E-state index < -0.39 is 0 Å². The summed E-state index contributed by atoms with van der Waals surface area (Å²) in [5.41, 5.74) is 0. The fraction of sp³-hybridized carbons (Fsp3) is 0.846. The lowest BCUT2D eigenvalue weighted by molar-refractivity contribution is -0.164. The molecule has 0 spiro atoms. The molecular formula is C13H22O4. The van der Waals surface area contributed by atoms with Gasteiger partial charge < -0.3 is 9.47 Å². The molecule has 1 fully saturated rings. The third-order valence-electron chi connectivity index (χ3n) is 3.01. The van der Waals surface area contributed by atoms with Crippen LogP contribution in [-0.2, 0) is 19.1 Å². The fourth-order valence-electron chi connectivity index (χ4n) is 2.26. The topological polar surface area (TPSA) is 52.6 Å². The zero-order chi connectivity index (χ0) is 12.8. The first-order valence-corrected chi connectivity index (χ1v) is 6.43. The second-order valence-electron chi connectivity index (χ2n) is 4.74. The molecular weight excluding hydrogens is 220 g/mol. The molecule has 2 atom stereocenters. The Labute approximate surface area is 103 Å². The summed E-state index contributed by atoms with van der Waals surface area (Å²) in [6.45, 7) is 5.78. The molecule has 1 saturated carbocycles. The molecule has 0 aliphatic heterocycles. The molecule has 0 bridgehead atoms. The molecule has 0 heterocycles. The van der Waals surface area contributed by atoms with Gasteiger partial charge in [-0.3, -0.25) is 9.59 Å². The molecule has 0 radical (unpaired) electrons. The van der Waals surface area contributed by atoms with Crippen LogP contribution in [0.2, 0.25) is 0 Å². The van der Waals surface area contributed by atoms with Gasteiger partial charge in [-0.05, 0) is 33.6 Å². The summed E-state index contributed by atoms with van der Waals surface area (Å²) in [6.07, 6.45) is 3.29. The van der Waals surface area contributed by atoms with Gasteiger partial charge in [0, 0.05) is 0 Å². The molecule has 98 valence electrons. The number of carbonyl (C=O) groups excluding carboxylic acids is 2. The van der Waals surface area contributed by atoms with Crippen LogP contribution in [0.15, 0.2) is 0 Å². The van der Waals surface area contributed by atoms with Crippen molar-refractivity contribution in [2.24, 2.45) is 11.8 Å². The van der Waals surface area contributed by atoms with Crippen LogP contribution in [0.5, 0.6) is 0 Å². The molecule has 17 heavy (non-hydrogen) atoms. The van der Waals surface area contributed by atoms with Crippen molar-refractivity contribution < 1.29 is 19.1 Å². The Bertz CT molecular complexity index is 273. The van der Waals surface area contributed by atoms with Crippen molar-refractivity contribution in [3.63, 3.8) is 0 Å². The van der Waals surface area contributed by atoms with E-state index in [-0.39, 0.29) is 29.9 Å². The van der Waals surface area contributed by atoms with Gasteiger partial charge in [0.25, 0.3) is 0 Å². The number of rotatable bonds is 4. The van der Waals surface area contributed by atoms with Crippen molar-refractivity contribution in [2.75, 3.05) is 6.61 Å². The van der Waals surface area contributed by atoms with Crippen LogP contribution in [0.3, 0.4) is 0 Å². The van der Waals surface area contributed by atoms with Gasteiger partial charge in [0.05, 0.1) is 24.5 Å². The lowest BCUT2D eigenvalue weighted by Gasteiger charge is -2.28. The summed E-state index contributed by atoms with van der Waals surface area (Å²) < 4.78 is 10.2. The zero-order valence-corrected chi connectivity index (χ0v) is 10.9. The lowest BCUT2D eigenvalue weighted by atomic mass is 9.79. The highest BCUT2D eigenvalue weighted by Crippen LogP contribution is 2.32. The number of ether oxygens (including phenoxy) is 2. The van der Waals surface area contributed by atoms with Crippen LogP contribution in [0.1, 0.15) is 46.5 Å². The molecule has 4 nitrogen and oxygen atoms in total. The Hall–Kier alpha value is -1.06. The minimum Gasteiger partial charge on any atom is -0.466 e. The van der Waals surface area contributed by atoms with Crippen molar-refractivity contribution in [2.45, 2.75) is 52.6 Å². The van der Waals surface area contributed by atoms with Gasteiger partial charge in [-0.25, -0.2) is 0 Å². The van der Waals surface area contributed by atoms with E-state index in [0.29, 0.717) is 6.61 Å². The molecule has 4 heteroatoms. The summed E-state index contributed by atoms with van der Waals surface area (Å²) in [4.78, 5) is 23.7. The Morgan fingerprint density at radius 1 is 1.12 bits per heavy atom. The largest absolute Gasteiger partial charge is 0.466 e. The van der Waals surface area contributed by atoms with Crippen molar-refractivity contribution in [1.29, 1.82) is 0 Å². The smallest absolute Gasteiger partial charge is 0.310 e. The first kappa shape index (κ1) is 14.0. The minimum absolute atomic E-state index is 0.132. The average Bonchev–Trinajstić information content (AvgIpc) is 2.28. The summed E-state index contributed by atoms with van der Waals surface area (Å²) in [7, 11) is 0. The predicted octanol–water partition coefficient (Wildman–Crippen LogP) is 2.31. The molecule has 2 unspecified atom stereocenters. The second kappa shape index (κ2) is 6.62. The van der Waals surface area contributed by atoms with Gasteiger partial charge in [0.1, 0.15) is 0 Å². The third-order valence-corrected chi connectivity index (χ3v) is 3.01. The van der Waals surface area contributed by atoms with Crippen LogP contribution in [-0.4, -0.2) is 24.6 Å². The molecule has 0 N–H and O–H groups in total. The Morgan fingerprint density at radius 3 is 2.12 bits per heavy atom. The van der Waals surface area contributed by atoms with E-state index in [1.807, 2.05) is 13.8 Å². The number of carbonyl (C=O) groups is 2. The molecule has 0 aromatic rings. The van der Waals surface area contributed by atoms with Crippen molar-refractivity contribution >= 4 is 11.9 Å². The molecule has 0 amide bonds. The van der Waals surface area contributed by atoms with Crippen molar-refractivity contribution in [3.8, 4) is 0 Å². The summed E-state index contributed by atoms with van der Waals surface area (Å²) in [5.74, 6) is -1.13. The van der Waals surface area contributed by atoms with Gasteiger partial charge in [0.15, 0.2) is 0 Å². The van der Waals surface area contributed by atoms with Crippen molar-refractivity contribution in [3.05, 3.63) is 0 Å². The molecule has 0 saturated heterocycles. The maximum absolute atomic E-state index is 11.9. The molecule has 1 rings (SSSR count). The van der Waals surface area contributed by atoms with Gasteiger partial charge in [-0.2, -0.15) is 0 Å². The second-order valence-corrected chi connectivity index (χ2v) is 4.74. The van der Waals surface area contributed by atoms with E-state index in [1.165, 1.54) is 0 Å². The fourth-order valence-corrected chi connectivity index (χ4v) is 2.26. The Balaban J connectivity index is 2.65. The van der Waals surface area contributed by atoms with E-state index >= 15 is 0 Å². The first-order chi connectivity index (χ1) is 8.06. The minimum atomic E-state index is -0.315. The first-order valence-electron chi connectivity index (χ1n) is 6.43. The summed E-state index contributed by atoms with van der Waals surface area (Å²) in [6, 6.07) is 0. The zero-order valence-electron chi connectivity index (χ0n) is 10.9. The molecule has 0 aromatic heterocycles. The van der Waals surface area contributed by atoms with E-state index in [9.17, 15) is 9.59 Å².